The van der Waals surface area contributed by atoms with Crippen molar-refractivity contribution >= 4 is 17.7 Å². The van der Waals surface area contributed by atoms with Gasteiger partial charge in [-0.15, -0.1) is 10.2 Å². The summed E-state index contributed by atoms with van der Waals surface area (Å²) in [5.41, 5.74) is 12.1. The Balaban J connectivity index is 1.13. The van der Waals surface area contributed by atoms with Gasteiger partial charge < -0.3 is 10.6 Å². The molecule has 1 aromatic carbocycles. The Morgan fingerprint density at radius 3 is 2.67 bits per heavy atom. The van der Waals surface area contributed by atoms with Crippen molar-refractivity contribution in [3.63, 3.8) is 0 Å². The first-order chi connectivity index (χ1) is 14.7. The Morgan fingerprint density at radius 2 is 1.93 bits per heavy atom. The van der Waals surface area contributed by atoms with Gasteiger partial charge in [-0.3, -0.25) is 4.98 Å². The molecule has 1 spiro atoms. The van der Waals surface area contributed by atoms with Crippen LogP contribution in [0.25, 0.3) is 0 Å². The third-order valence-electron chi connectivity index (χ3n) is 7.10. The van der Waals surface area contributed by atoms with Gasteiger partial charge in [-0.05, 0) is 66.3 Å². The third kappa shape index (κ3) is 2.91. The van der Waals surface area contributed by atoms with E-state index in [0.29, 0.717) is 0 Å². The first-order valence-corrected chi connectivity index (χ1v) is 11.5. The molecule has 3 aromatic rings. The van der Waals surface area contributed by atoms with Crippen LogP contribution in [0.4, 0.5) is 5.95 Å². The van der Waals surface area contributed by atoms with Gasteiger partial charge >= 0.3 is 0 Å². The maximum Gasteiger partial charge on any atom is 0.245 e. The second kappa shape index (κ2) is 7.03. The predicted octanol–water partition coefficient (Wildman–Crippen LogP) is 3.36. The molecule has 3 heterocycles. The zero-order valence-electron chi connectivity index (χ0n) is 16.8. The smallest absolute Gasteiger partial charge is 0.245 e. The molecule has 0 unspecified atom stereocenters. The van der Waals surface area contributed by atoms with Crippen LogP contribution in [-0.2, 0) is 19.3 Å². The average molecular weight is 417 g/mol. The number of aryl methyl sites for hydroxylation is 1. The van der Waals surface area contributed by atoms with Crippen molar-refractivity contribution in [2.75, 3.05) is 18.0 Å². The van der Waals surface area contributed by atoms with Crippen LogP contribution in [-0.4, -0.2) is 33.3 Å². The van der Waals surface area contributed by atoms with Crippen molar-refractivity contribution in [3.05, 3.63) is 65.1 Å². The van der Waals surface area contributed by atoms with Gasteiger partial charge in [0.1, 0.15) is 5.03 Å². The summed E-state index contributed by atoms with van der Waals surface area (Å²) in [4.78, 5) is 12.7. The van der Waals surface area contributed by atoms with Crippen LogP contribution in [0.2, 0.25) is 0 Å². The molecule has 6 nitrogen and oxygen atoms in total. The highest BCUT2D eigenvalue weighted by Gasteiger charge is 2.46. The minimum atomic E-state index is 0.0738. The predicted molar refractivity (Wildman–Crippen MR) is 117 cm³/mol. The number of rotatable bonds is 3. The zero-order chi connectivity index (χ0) is 20.1. The summed E-state index contributed by atoms with van der Waals surface area (Å²) in [7, 11) is 0. The Morgan fingerprint density at radius 1 is 1.03 bits per heavy atom. The van der Waals surface area contributed by atoms with Gasteiger partial charge in [-0.1, -0.05) is 30.0 Å². The van der Waals surface area contributed by atoms with Gasteiger partial charge in [0.2, 0.25) is 5.95 Å². The van der Waals surface area contributed by atoms with Gasteiger partial charge in [-0.2, -0.15) is 0 Å². The lowest BCUT2D eigenvalue weighted by Crippen LogP contribution is -2.45. The van der Waals surface area contributed by atoms with Crippen LogP contribution < -0.4 is 10.6 Å². The molecular weight excluding hydrogens is 392 g/mol. The molecule has 0 radical (unpaired) electrons. The summed E-state index contributed by atoms with van der Waals surface area (Å²) in [6.45, 7) is 1.81. The van der Waals surface area contributed by atoms with Crippen LogP contribution in [0.1, 0.15) is 41.3 Å². The van der Waals surface area contributed by atoms with Gasteiger partial charge in [-0.25, -0.2) is 4.98 Å². The molecule has 6 rings (SSSR count). The molecule has 152 valence electrons. The van der Waals surface area contributed by atoms with Crippen LogP contribution in [0.5, 0.6) is 0 Å². The van der Waals surface area contributed by atoms with E-state index in [1.807, 2.05) is 18.5 Å². The summed E-state index contributed by atoms with van der Waals surface area (Å²) in [6, 6.07) is 10.7. The number of nitrogens with zero attached hydrogens (tertiary/aromatic N) is 5. The van der Waals surface area contributed by atoms with E-state index in [1.54, 1.807) is 11.8 Å². The van der Waals surface area contributed by atoms with E-state index in [4.69, 9.17) is 5.73 Å². The van der Waals surface area contributed by atoms with Crippen LogP contribution in [0, 0.1) is 5.41 Å². The number of piperidine rings is 1. The van der Waals surface area contributed by atoms with E-state index < -0.39 is 0 Å². The van der Waals surface area contributed by atoms with Crippen molar-refractivity contribution < 1.29 is 0 Å². The number of hydrogen-bond donors (Lipinski definition) is 1. The lowest BCUT2D eigenvalue weighted by molar-refractivity contribution is 0.186. The number of benzene rings is 1. The molecule has 1 fully saturated rings. The van der Waals surface area contributed by atoms with E-state index >= 15 is 0 Å². The Bertz CT molecular complexity index is 1090. The fourth-order valence-corrected chi connectivity index (χ4v) is 6.08. The summed E-state index contributed by atoms with van der Waals surface area (Å²) in [6.07, 6.45) is 9.12. The SMILES string of the molecule is N[C@@H]1c2cccnc2CC12CCN(c1ncc(Sc3cccc4c3CC4)nn1)CC2. The average Bonchev–Trinajstić information content (AvgIpc) is 3.02. The lowest BCUT2D eigenvalue weighted by Gasteiger charge is -2.41. The largest absolute Gasteiger partial charge is 0.339 e. The van der Waals surface area contributed by atoms with E-state index in [0.717, 1.165) is 49.7 Å². The fraction of sp³-hybridized carbons (Fsp3) is 0.391. The van der Waals surface area contributed by atoms with E-state index in [2.05, 4.69) is 49.3 Å². The summed E-state index contributed by atoms with van der Waals surface area (Å²) in [5.74, 6) is 0.720. The molecule has 2 aromatic heterocycles. The maximum absolute atomic E-state index is 6.66. The second-order valence-corrected chi connectivity index (χ2v) is 9.70. The quantitative estimate of drug-likeness (QED) is 0.701. The zero-order valence-corrected chi connectivity index (χ0v) is 17.6. The Labute approximate surface area is 180 Å². The Hall–Kier alpha value is -2.51. The third-order valence-corrected chi connectivity index (χ3v) is 8.10. The van der Waals surface area contributed by atoms with Gasteiger partial charge in [0, 0.05) is 35.9 Å². The number of aromatic nitrogens is 4. The number of anilines is 1. The molecule has 0 saturated carbocycles. The highest BCUT2D eigenvalue weighted by atomic mass is 32.2. The maximum atomic E-state index is 6.66. The first kappa shape index (κ1) is 18.3. The van der Waals surface area contributed by atoms with E-state index in [-0.39, 0.29) is 11.5 Å². The molecule has 2 N–H and O–H groups in total. The molecule has 1 saturated heterocycles. The monoisotopic (exact) mass is 416 g/mol. The van der Waals surface area contributed by atoms with Crippen molar-refractivity contribution in [1.82, 2.24) is 20.2 Å². The molecular formula is C23H24N6S. The minimum absolute atomic E-state index is 0.0738. The minimum Gasteiger partial charge on any atom is -0.339 e. The number of fused-ring (bicyclic) bond motifs is 2. The highest BCUT2D eigenvalue weighted by Crippen LogP contribution is 2.50. The normalized spacial score (nSPS) is 21.2. The van der Waals surface area contributed by atoms with Crippen molar-refractivity contribution in [3.8, 4) is 0 Å². The van der Waals surface area contributed by atoms with Crippen molar-refractivity contribution in [2.24, 2.45) is 11.1 Å². The second-order valence-electron chi connectivity index (χ2n) is 8.64. The number of hydrogen-bond acceptors (Lipinski definition) is 7. The van der Waals surface area contributed by atoms with Gasteiger partial charge in [0.25, 0.3) is 0 Å². The van der Waals surface area contributed by atoms with E-state index in [9.17, 15) is 0 Å². The molecule has 1 atom stereocenters. The lowest BCUT2D eigenvalue weighted by atomic mass is 9.73. The van der Waals surface area contributed by atoms with Crippen LogP contribution in [0.15, 0.2) is 52.6 Å². The van der Waals surface area contributed by atoms with Gasteiger partial charge in [0.05, 0.1) is 6.20 Å². The first-order valence-electron chi connectivity index (χ1n) is 10.6. The molecule has 3 aliphatic rings. The summed E-state index contributed by atoms with van der Waals surface area (Å²) >= 11 is 1.67. The molecule has 1 aliphatic heterocycles. The topological polar surface area (TPSA) is 80.8 Å². The fourth-order valence-electron chi connectivity index (χ4n) is 5.16. The molecule has 30 heavy (non-hydrogen) atoms. The molecule has 7 heteroatoms. The van der Waals surface area contributed by atoms with Gasteiger partial charge in [0.15, 0.2) is 0 Å². The van der Waals surface area contributed by atoms with Crippen molar-refractivity contribution in [1.29, 1.82) is 0 Å². The summed E-state index contributed by atoms with van der Waals surface area (Å²) in [5, 5.41) is 9.75. The molecule has 0 amide bonds. The molecule has 0 bridgehead atoms. The number of pyridine rings is 1. The highest BCUT2D eigenvalue weighted by molar-refractivity contribution is 7.99. The Kier molecular flexibility index (Phi) is 4.28. The molecule has 2 aliphatic carbocycles. The van der Waals surface area contributed by atoms with E-state index in [1.165, 1.54) is 33.7 Å². The summed E-state index contributed by atoms with van der Waals surface area (Å²) < 4.78 is 0. The van der Waals surface area contributed by atoms with Crippen molar-refractivity contribution in [2.45, 2.75) is 48.1 Å². The standard InChI is InChI=1S/C23H24N6S/c24-21-17-4-2-10-25-18(17)13-23(21)8-11-29(12-9-23)22-26-14-20(27-28-22)30-19-5-1-3-15-6-7-16(15)19/h1-5,10,14,21H,6-9,11-13,24H2/t21-/m1/s1. The van der Waals surface area contributed by atoms with Crippen LogP contribution in [0.3, 0.4) is 0 Å². The van der Waals surface area contributed by atoms with Crippen LogP contribution >= 0.6 is 11.8 Å². The number of nitrogens with two attached hydrogens (primary N) is 1.